The third-order valence-corrected chi connectivity index (χ3v) is 4.89. The lowest BCUT2D eigenvalue weighted by Gasteiger charge is -2.20. The summed E-state index contributed by atoms with van der Waals surface area (Å²) in [5.74, 6) is -0.0876. The first-order chi connectivity index (χ1) is 11.1. The largest absolute Gasteiger partial charge is 0.388 e. The normalized spacial score (nSPS) is 18.9. The van der Waals surface area contributed by atoms with Gasteiger partial charge in [-0.2, -0.15) is 0 Å². The number of rotatable bonds is 3. The first-order valence-electron chi connectivity index (χ1n) is 7.38. The number of benzene rings is 1. The molecule has 1 aromatic heterocycles. The minimum atomic E-state index is -0.615. The Balaban J connectivity index is 1.69. The summed E-state index contributed by atoms with van der Waals surface area (Å²) in [7, 11) is 0. The fraction of sp³-hybridized carbons (Fsp3) is 0.294. The van der Waals surface area contributed by atoms with Crippen LogP contribution in [0, 0.1) is 5.92 Å². The molecule has 1 aliphatic heterocycles. The number of carbonyl (C=O) groups is 1. The van der Waals surface area contributed by atoms with Crippen LogP contribution in [0.15, 0.2) is 42.7 Å². The number of aliphatic hydroxyl groups is 1. The molecule has 3 rings (SSSR count). The second kappa shape index (κ2) is 6.87. The molecule has 6 heteroatoms. The molecule has 1 amide bonds. The van der Waals surface area contributed by atoms with Crippen molar-refractivity contribution in [2.24, 2.45) is 5.92 Å². The van der Waals surface area contributed by atoms with E-state index in [1.165, 1.54) is 0 Å². The van der Waals surface area contributed by atoms with E-state index < -0.39 is 6.10 Å². The highest BCUT2D eigenvalue weighted by molar-refractivity contribution is 6.42. The number of halogens is 2. The fourth-order valence-corrected chi connectivity index (χ4v) is 3.16. The van der Waals surface area contributed by atoms with E-state index in [0.717, 1.165) is 12.0 Å². The van der Waals surface area contributed by atoms with Crippen molar-refractivity contribution in [3.05, 3.63) is 63.9 Å². The third kappa shape index (κ3) is 3.50. The molecule has 4 nitrogen and oxygen atoms in total. The summed E-state index contributed by atoms with van der Waals surface area (Å²) in [6.45, 7) is 1.12. The topological polar surface area (TPSA) is 53.4 Å². The molecule has 2 unspecified atom stereocenters. The monoisotopic (exact) mass is 350 g/mol. The van der Waals surface area contributed by atoms with Gasteiger partial charge in [-0.25, -0.2) is 0 Å². The molecule has 23 heavy (non-hydrogen) atoms. The summed E-state index contributed by atoms with van der Waals surface area (Å²) < 4.78 is 0. The Labute approximate surface area is 144 Å². The maximum Gasteiger partial charge on any atom is 0.253 e. The maximum atomic E-state index is 12.5. The van der Waals surface area contributed by atoms with Crippen LogP contribution in [0.4, 0.5) is 0 Å². The van der Waals surface area contributed by atoms with E-state index in [-0.39, 0.29) is 11.8 Å². The van der Waals surface area contributed by atoms with Crippen molar-refractivity contribution in [1.82, 2.24) is 9.88 Å². The number of aromatic nitrogens is 1. The zero-order valence-corrected chi connectivity index (χ0v) is 13.8. The molecule has 1 aromatic carbocycles. The number of carbonyl (C=O) groups excluding carboxylic acids is 1. The Morgan fingerprint density at radius 1 is 1.30 bits per heavy atom. The van der Waals surface area contributed by atoms with Crippen LogP contribution in [0.1, 0.15) is 28.4 Å². The van der Waals surface area contributed by atoms with E-state index in [2.05, 4.69) is 4.98 Å². The molecule has 2 heterocycles. The molecule has 2 aromatic rings. The number of amides is 1. The predicted octanol–water partition coefficient (Wildman–Crippen LogP) is 3.58. The molecule has 1 aliphatic rings. The van der Waals surface area contributed by atoms with Gasteiger partial charge in [0, 0.05) is 37.0 Å². The van der Waals surface area contributed by atoms with Crippen LogP contribution in [-0.4, -0.2) is 34.0 Å². The van der Waals surface area contributed by atoms with Gasteiger partial charge in [0.05, 0.1) is 16.1 Å². The molecule has 1 fully saturated rings. The molecule has 120 valence electrons. The summed E-state index contributed by atoms with van der Waals surface area (Å²) in [6, 6.07) is 8.51. The lowest BCUT2D eigenvalue weighted by atomic mass is 9.96. The quantitative estimate of drug-likeness (QED) is 0.920. The van der Waals surface area contributed by atoms with Gasteiger partial charge in [0.1, 0.15) is 0 Å². The number of nitrogens with zero attached hydrogens (tertiary/aromatic N) is 2. The van der Waals surface area contributed by atoms with Crippen molar-refractivity contribution in [1.29, 1.82) is 0 Å². The lowest BCUT2D eigenvalue weighted by molar-refractivity contribution is 0.0748. The number of hydrogen-bond acceptors (Lipinski definition) is 3. The summed E-state index contributed by atoms with van der Waals surface area (Å²) in [4.78, 5) is 18.3. The van der Waals surface area contributed by atoms with Gasteiger partial charge in [0.15, 0.2) is 0 Å². The van der Waals surface area contributed by atoms with E-state index in [1.807, 2.05) is 6.07 Å². The minimum absolute atomic E-state index is 0.00548. The highest BCUT2D eigenvalue weighted by Crippen LogP contribution is 2.31. The van der Waals surface area contributed by atoms with Crippen LogP contribution < -0.4 is 0 Å². The van der Waals surface area contributed by atoms with Crippen LogP contribution in [0.25, 0.3) is 0 Å². The number of pyridine rings is 1. The zero-order chi connectivity index (χ0) is 16.4. The van der Waals surface area contributed by atoms with E-state index in [4.69, 9.17) is 23.2 Å². The second-order valence-electron chi connectivity index (χ2n) is 5.66. The molecular weight excluding hydrogens is 335 g/mol. The van der Waals surface area contributed by atoms with Gasteiger partial charge in [0.2, 0.25) is 0 Å². The summed E-state index contributed by atoms with van der Waals surface area (Å²) in [6.07, 6.45) is 3.47. The molecule has 0 aliphatic carbocycles. The Morgan fingerprint density at radius 2 is 2.13 bits per heavy atom. The second-order valence-corrected chi connectivity index (χ2v) is 6.47. The highest BCUT2D eigenvalue weighted by atomic mass is 35.5. The Kier molecular flexibility index (Phi) is 4.85. The first kappa shape index (κ1) is 16.2. The first-order valence-corrected chi connectivity index (χ1v) is 8.14. The Hall–Kier alpha value is -1.62. The number of likely N-dealkylation sites (tertiary alicyclic amines) is 1. The van der Waals surface area contributed by atoms with Gasteiger partial charge in [-0.05, 0) is 36.2 Å². The molecule has 2 atom stereocenters. The Bertz CT molecular complexity index is 709. The van der Waals surface area contributed by atoms with Crippen molar-refractivity contribution in [3.63, 3.8) is 0 Å². The van der Waals surface area contributed by atoms with Crippen molar-refractivity contribution in [2.45, 2.75) is 12.5 Å². The summed E-state index contributed by atoms with van der Waals surface area (Å²) in [5, 5.41) is 11.2. The zero-order valence-electron chi connectivity index (χ0n) is 12.3. The van der Waals surface area contributed by atoms with Gasteiger partial charge in [0.25, 0.3) is 5.91 Å². The van der Waals surface area contributed by atoms with Gasteiger partial charge in [-0.15, -0.1) is 0 Å². The van der Waals surface area contributed by atoms with Crippen molar-refractivity contribution in [2.75, 3.05) is 13.1 Å². The van der Waals surface area contributed by atoms with Crippen LogP contribution in [0.5, 0.6) is 0 Å². The van der Waals surface area contributed by atoms with Crippen LogP contribution in [-0.2, 0) is 0 Å². The van der Waals surface area contributed by atoms with Crippen LogP contribution >= 0.6 is 23.2 Å². The van der Waals surface area contributed by atoms with Crippen molar-refractivity contribution >= 4 is 29.1 Å². The van der Waals surface area contributed by atoms with E-state index in [9.17, 15) is 9.90 Å². The van der Waals surface area contributed by atoms with Gasteiger partial charge in [-0.3, -0.25) is 9.78 Å². The molecule has 0 bridgehead atoms. The fourth-order valence-electron chi connectivity index (χ4n) is 2.86. The molecule has 0 saturated carbocycles. The SMILES string of the molecule is O=C(c1ccc(Cl)c(Cl)c1)N1CCC(C(O)c2cccnc2)C1. The molecular formula is C17H16Cl2N2O2. The van der Waals surface area contributed by atoms with Gasteiger partial charge in [-0.1, -0.05) is 29.3 Å². The van der Waals surface area contributed by atoms with E-state index in [0.29, 0.717) is 28.7 Å². The lowest BCUT2D eigenvalue weighted by Crippen LogP contribution is -2.29. The highest BCUT2D eigenvalue weighted by Gasteiger charge is 2.32. The van der Waals surface area contributed by atoms with Gasteiger partial charge >= 0.3 is 0 Å². The average molecular weight is 351 g/mol. The molecule has 0 spiro atoms. The average Bonchev–Trinajstić information content (AvgIpc) is 3.07. The van der Waals surface area contributed by atoms with Gasteiger partial charge < -0.3 is 10.0 Å². The molecule has 0 radical (unpaired) electrons. The predicted molar refractivity (Wildman–Crippen MR) is 89.7 cm³/mol. The minimum Gasteiger partial charge on any atom is -0.388 e. The van der Waals surface area contributed by atoms with Crippen LogP contribution in [0.2, 0.25) is 10.0 Å². The Morgan fingerprint density at radius 3 is 2.83 bits per heavy atom. The van der Waals surface area contributed by atoms with Crippen molar-refractivity contribution < 1.29 is 9.90 Å². The van der Waals surface area contributed by atoms with E-state index in [1.54, 1.807) is 41.6 Å². The number of hydrogen-bond donors (Lipinski definition) is 1. The standard InChI is InChI=1S/C17H16Cl2N2O2/c18-14-4-3-11(8-15(14)19)17(23)21-7-5-13(10-21)16(22)12-2-1-6-20-9-12/h1-4,6,8-9,13,16,22H,5,7,10H2. The maximum absolute atomic E-state index is 12.5. The smallest absolute Gasteiger partial charge is 0.253 e. The summed E-state index contributed by atoms with van der Waals surface area (Å²) >= 11 is 11.9. The molecule has 1 saturated heterocycles. The number of aliphatic hydroxyl groups excluding tert-OH is 1. The third-order valence-electron chi connectivity index (χ3n) is 4.15. The molecule has 1 N–H and O–H groups in total. The summed E-state index contributed by atoms with van der Waals surface area (Å²) in [5.41, 5.74) is 1.29. The van der Waals surface area contributed by atoms with Crippen LogP contribution in [0.3, 0.4) is 0 Å². The van der Waals surface area contributed by atoms with Crippen molar-refractivity contribution in [3.8, 4) is 0 Å². The van der Waals surface area contributed by atoms with E-state index >= 15 is 0 Å².